The van der Waals surface area contributed by atoms with Gasteiger partial charge in [0.05, 0.1) is 26.6 Å². The minimum Gasteiger partial charge on any atom is -0.493 e. The van der Waals surface area contributed by atoms with E-state index in [4.69, 9.17) is 9.47 Å². The second-order valence-corrected chi connectivity index (χ2v) is 6.21. The summed E-state index contributed by atoms with van der Waals surface area (Å²) in [4.78, 5) is 25.3. The summed E-state index contributed by atoms with van der Waals surface area (Å²) in [6, 6.07) is 5.49. The van der Waals surface area contributed by atoms with Gasteiger partial charge in [-0.25, -0.2) is 0 Å². The molecule has 1 aromatic carbocycles. The first kappa shape index (κ1) is 16.5. The van der Waals surface area contributed by atoms with E-state index in [9.17, 15) is 9.59 Å². The average Bonchev–Trinajstić information content (AvgIpc) is 2.82. The minimum absolute atomic E-state index is 0.0638. The van der Waals surface area contributed by atoms with E-state index in [0.717, 1.165) is 5.56 Å². The van der Waals surface area contributed by atoms with Crippen molar-refractivity contribution in [3.05, 3.63) is 23.8 Å². The number of amides is 1. The molecule has 2 rings (SSSR count). The van der Waals surface area contributed by atoms with Gasteiger partial charge in [-0.1, -0.05) is 6.07 Å². The Kier molecular flexibility index (Phi) is 5.18. The maximum Gasteiger partial charge on any atom is 0.325 e. The van der Waals surface area contributed by atoms with Crippen LogP contribution in [0.5, 0.6) is 11.5 Å². The van der Waals surface area contributed by atoms with Crippen molar-refractivity contribution < 1.29 is 23.8 Å². The molecule has 1 heterocycles. The van der Waals surface area contributed by atoms with Crippen LogP contribution in [0, 0.1) is 0 Å². The first-order valence-corrected chi connectivity index (χ1v) is 7.70. The van der Waals surface area contributed by atoms with Crippen molar-refractivity contribution in [1.82, 2.24) is 4.90 Å². The van der Waals surface area contributed by atoms with Gasteiger partial charge >= 0.3 is 5.97 Å². The van der Waals surface area contributed by atoms with E-state index < -0.39 is 5.97 Å². The van der Waals surface area contributed by atoms with Crippen molar-refractivity contribution >= 4 is 23.6 Å². The largest absolute Gasteiger partial charge is 0.493 e. The summed E-state index contributed by atoms with van der Waals surface area (Å²) in [7, 11) is 4.44. The summed E-state index contributed by atoms with van der Waals surface area (Å²) in [5, 5.41) is -0.454. The maximum atomic E-state index is 12.3. The van der Waals surface area contributed by atoms with Crippen LogP contribution in [0.3, 0.4) is 0 Å². The van der Waals surface area contributed by atoms with Crippen molar-refractivity contribution in [1.29, 1.82) is 0 Å². The van der Waals surface area contributed by atoms with Crippen molar-refractivity contribution in [3.8, 4) is 11.5 Å². The topological polar surface area (TPSA) is 65.1 Å². The van der Waals surface area contributed by atoms with Crippen LogP contribution in [0.15, 0.2) is 18.2 Å². The number of benzene rings is 1. The van der Waals surface area contributed by atoms with E-state index in [-0.39, 0.29) is 23.1 Å². The second-order valence-electron chi connectivity index (χ2n) is 4.79. The smallest absolute Gasteiger partial charge is 0.325 e. The number of carbonyl (C=O) groups is 2. The Morgan fingerprint density at radius 2 is 1.91 bits per heavy atom. The molecule has 1 saturated heterocycles. The van der Waals surface area contributed by atoms with Crippen molar-refractivity contribution in [2.45, 2.75) is 17.5 Å². The molecule has 0 aliphatic carbocycles. The molecule has 120 valence electrons. The van der Waals surface area contributed by atoms with Crippen LogP contribution in [-0.4, -0.2) is 49.9 Å². The van der Waals surface area contributed by atoms with Crippen LogP contribution < -0.4 is 9.47 Å². The fourth-order valence-electron chi connectivity index (χ4n) is 2.30. The standard InChI is InChI=1S/C15H19NO5S/c1-9-14(18)16(8-13(17)21-4)15(22-9)10-5-6-11(19-2)12(7-10)20-3/h5-7,9,15H,8H2,1-4H3. The normalized spacial score (nSPS) is 20.9. The third-order valence-electron chi connectivity index (χ3n) is 3.47. The summed E-state index contributed by atoms with van der Waals surface area (Å²) in [6.45, 7) is 1.77. The Morgan fingerprint density at radius 1 is 1.23 bits per heavy atom. The lowest BCUT2D eigenvalue weighted by atomic mass is 10.1. The van der Waals surface area contributed by atoms with E-state index in [0.29, 0.717) is 11.5 Å². The number of esters is 1. The summed E-state index contributed by atoms with van der Waals surface area (Å²) < 4.78 is 15.2. The predicted molar refractivity (Wildman–Crippen MR) is 83.1 cm³/mol. The van der Waals surface area contributed by atoms with Crippen LogP contribution in [0.2, 0.25) is 0 Å². The van der Waals surface area contributed by atoms with Crippen LogP contribution in [0.4, 0.5) is 0 Å². The van der Waals surface area contributed by atoms with E-state index >= 15 is 0 Å². The Bertz CT molecular complexity index is 577. The van der Waals surface area contributed by atoms with Gasteiger partial charge in [-0.05, 0) is 24.6 Å². The first-order chi connectivity index (χ1) is 10.5. The summed E-state index contributed by atoms with van der Waals surface area (Å²) in [5.41, 5.74) is 0.879. The monoisotopic (exact) mass is 325 g/mol. The first-order valence-electron chi connectivity index (χ1n) is 6.76. The van der Waals surface area contributed by atoms with Crippen LogP contribution in [0.25, 0.3) is 0 Å². The zero-order valence-electron chi connectivity index (χ0n) is 13.0. The van der Waals surface area contributed by atoms with Gasteiger partial charge in [-0.2, -0.15) is 0 Å². The lowest BCUT2D eigenvalue weighted by Gasteiger charge is -2.23. The van der Waals surface area contributed by atoms with Gasteiger partial charge in [0.2, 0.25) is 5.91 Å². The molecule has 6 nitrogen and oxygen atoms in total. The molecule has 0 bridgehead atoms. The molecule has 0 aromatic heterocycles. The number of hydrogen-bond acceptors (Lipinski definition) is 6. The quantitative estimate of drug-likeness (QED) is 0.770. The van der Waals surface area contributed by atoms with Gasteiger partial charge in [0.15, 0.2) is 11.5 Å². The highest BCUT2D eigenvalue weighted by molar-refractivity contribution is 8.01. The van der Waals surface area contributed by atoms with Gasteiger partial charge in [0.1, 0.15) is 11.9 Å². The van der Waals surface area contributed by atoms with Gasteiger partial charge in [0.25, 0.3) is 0 Å². The lowest BCUT2D eigenvalue weighted by Crippen LogP contribution is -2.35. The molecule has 1 fully saturated rings. The molecule has 2 atom stereocenters. The van der Waals surface area contributed by atoms with Crippen LogP contribution in [0.1, 0.15) is 17.9 Å². The highest BCUT2D eigenvalue weighted by Gasteiger charge is 2.39. The van der Waals surface area contributed by atoms with Gasteiger partial charge in [0, 0.05) is 0 Å². The average molecular weight is 325 g/mol. The zero-order valence-corrected chi connectivity index (χ0v) is 13.8. The molecule has 0 N–H and O–H groups in total. The molecule has 0 spiro atoms. The van der Waals surface area contributed by atoms with E-state index in [1.165, 1.54) is 23.8 Å². The Labute approximate surface area is 133 Å². The fourth-order valence-corrected chi connectivity index (χ4v) is 3.57. The fraction of sp³-hybridized carbons (Fsp3) is 0.467. The highest BCUT2D eigenvalue weighted by atomic mass is 32.2. The molecule has 1 aliphatic heterocycles. The molecule has 0 saturated carbocycles. The maximum absolute atomic E-state index is 12.3. The Balaban J connectivity index is 2.32. The molecule has 2 unspecified atom stereocenters. The lowest BCUT2D eigenvalue weighted by molar-refractivity contribution is -0.146. The molecular weight excluding hydrogens is 306 g/mol. The van der Waals surface area contributed by atoms with E-state index in [1.54, 1.807) is 20.3 Å². The third-order valence-corrected chi connectivity index (χ3v) is 4.86. The molecule has 22 heavy (non-hydrogen) atoms. The summed E-state index contributed by atoms with van der Waals surface area (Å²) in [5.74, 6) is 0.697. The number of nitrogens with zero attached hydrogens (tertiary/aromatic N) is 1. The van der Waals surface area contributed by atoms with Crippen molar-refractivity contribution in [2.24, 2.45) is 0 Å². The third kappa shape index (κ3) is 3.14. The molecule has 1 aliphatic rings. The van der Waals surface area contributed by atoms with Crippen molar-refractivity contribution in [2.75, 3.05) is 27.9 Å². The summed E-state index contributed by atoms with van der Waals surface area (Å²) >= 11 is 1.49. The van der Waals surface area contributed by atoms with Crippen LogP contribution in [-0.2, 0) is 14.3 Å². The number of thioether (sulfide) groups is 1. The number of rotatable bonds is 5. The molecule has 1 amide bonds. The Hall–Kier alpha value is -1.89. The highest BCUT2D eigenvalue weighted by Crippen LogP contribution is 2.44. The van der Waals surface area contributed by atoms with E-state index in [2.05, 4.69) is 4.74 Å². The SMILES string of the molecule is COC(=O)CN1C(=O)C(C)SC1c1ccc(OC)c(OC)c1. The van der Waals surface area contributed by atoms with Gasteiger partial charge in [-0.3, -0.25) is 9.59 Å². The van der Waals surface area contributed by atoms with E-state index in [1.807, 2.05) is 19.1 Å². The molecule has 0 radical (unpaired) electrons. The predicted octanol–water partition coefficient (Wildman–Crippen LogP) is 1.84. The zero-order chi connectivity index (χ0) is 16.3. The second kappa shape index (κ2) is 6.91. The minimum atomic E-state index is -0.437. The molecule has 7 heteroatoms. The van der Waals surface area contributed by atoms with Crippen LogP contribution >= 0.6 is 11.8 Å². The number of ether oxygens (including phenoxy) is 3. The number of methoxy groups -OCH3 is 3. The van der Waals surface area contributed by atoms with Gasteiger partial charge < -0.3 is 19.1 Å². The summed E-state index contributed by atoms with van der Waals surface area (Å²) in [6.07, 6.45) is 0. The molecule has 1 aromatic rings. The van der Waals surface area contributed by atoms with Gasteiger partial charge in [-0.15, -0.1) is 11.8 Å². The Morgan fingerprint density at radius 3 is 2.50 bits per heavy atom. The number of carbonyl (C=O) groups excluding carboxylic acids is 2. The van der Waals surface area contributed by atoms with Crippen molar-refractivity contribution in [3.63, 3.8) is 0 Å². The molecular formula is C15H19NO5S. The number of hydrogen-bond donors (Lipinski definition) is 0.